The number of hydrogen-bond donors (Lipinski definition) is 1. The van der Waals surface area contributed by atoms with E-state index in [9.17, 15) is 28.1 Å². The second-order valence-corrected chi connectivity index (χ2v) is 2.97. The monoisotopic (exact) mass is 252 g/mol. The number of nitro groups is 1. The average molecular weight is 252 g/mol. The highest BCUT2D eigenvalue weighted by atomic mass is 19.4. The molecule has 0 bridgehead atoms. The van der Waals surface area contributed by atoms with E-state index in [0.717, 1.165) is 17.1 Å². The number of carbonyl (C=O) groups excluding carboxylic acids is 1. The van der Waals surface area contributed by atoms with Crippen LogP contribution < -0.4 is 5.32 Å². The van der Waals surface area contributed by atoms with Crippen molar-refractivity contribution in [2.45, 2.75) is 12.7 Å². The van der Waals surface area contributed by atoms with Gasteiger partial charge in [0.1, 0.15) is 12.4 Å². The first-order valence-corrected chi connectivity index (χ1v) is 4.32. The Labute approximate surface area is 92.4 Å². The lowest BCUT2D eigenvalue weighted by Crippen LogP contribution is -2.38. The van der Waals surface area contributed by atoms with Crippen LogP contribution >= 0.6 is 0 Å². The summed E-state index contributed by atoms with van der Waals surface area (Å²) < 4.78 is 36.3. The summed E-state index contributed by atoms with van der Waals surface area (Å²) in [5.74, 6) is -2.06. The molecule has 10 heteroatoms. The zero-order valence-corrected chi connectivity index (χ0v) is 8.27. The third-order valence-corrected chi connectivity index (χ3v) is 1.71. The van der Waals surface area contributed by atoms with E-state index < -0.39 is 17.0 Å². The summed E-state index contributed by atoms with van der Waals surface area (Å²) in [7, 11) is 0. The summed E-state index contributed by atoms with van der Waals surface area (Å²) in [5, 5.41) is 15.4. The molecule has 0 saturated carbocycles. The van der Waals surface area contributed by atoms with Gasteiger partial charge in [-0.25, -0.2) is 0 Å². The number of alkyl halides is 3. The van der Waals surface area contributed by atoms with E-state index in [-0.39, 0.29) is 18.8 Å². The van der Waals surface area contributed by atoms with Gasteiger partial charge in [0.25, 0.3) is 0 Å². The van der Waals surface area contributed by atoms with Crippen molar-refractivity contribution in [3.63, 3.8) is 0 Å². The van der Waals surface area contributed by atoms with Crippen LogP contribution in [0.1, 0.15) is 0 Å². The van der Waals surface area contributed by atoms with E-state index >= 15 is 0 Å². The van der Waals surface area contributed by atoms with Gasteiger partial charge < -0.3 is 5.32 Å². The van der Waals surface area contributed by atoms with E-state index in [4.69, 9.17) is 0 Å². The minimum absolute atomic E-state index is 0.0876. The molecule has 0 unspecified atom stereocenters. The number of halogens is 3. The number of amides is 1. The van der Waals surface area contributed by atoms with Gasteiger partial charge in [0.2, 0.25) is 0 Å². The fraction of sp³-hybridized carbons (Fsp3) is 0.429. The van der Waals surface area contributed by atoms with Gasteiger partial charge in [-0.3, -0.25) is 19.6 Å². The topological polar surface area (TPSA) is 90.1 Å². The Morgan fingerprint density at radius 3 is 2.71 bits per heavy atom. The molecular weight excluding hydrogens is 245 g/mol. The molecule has 0 saturated heterocycles. The maximum Gasteiger partial charge on any atom is 0.471 e. The molecule has 0 atom stereocenters. The Hall–Kier alpha value is -2.13. The van der Waals surface area contributed by atoms with Crippen LogP contribution in [0.15, 0.2) is 12.4 Å². The van der Waals surface area contributed by atoms with Crippen LogP contribution in [0, 0.1) is 10.1 Å². The molecule has 0 aliphatic carbocycles. The molecule has 1 aromatic rings. The first kappa shape index (κ1) is 12.9. The Bertz CT molecular complexity index is 428. The predicted octanol–water partition coefficient (Wildman–Crippen LogP) is 0.470. The second-order valence-electron chi connectivity index (χ2n) is 2.97. The maximum absolute atomic E-state index is 11.8. The number of nitrogens with one attached hydrogen (secondary N) is 1. The van der Waals surface area contributed by atoms with Crippen LogP contribution in [-0.4, -0.2) is 33.3 Å². The van der Waals surface area contributed by atoms with Crippen molar-refractivity contribution < 1.29 is 22.9 Å². The highest BCUT2D eigenvalue weighted by molar-refractivity contribution is 5.81. The summed E-state index contributed by atoms with van der Waals surface area (Å²) in [6.45, 7) is -0.410. The van der Waals surface area contributed by atoms with E-state index in [0.29, 0.717) is 0 Å². The van der Waals surface area contributed by atoms with E-state index in [1.165, 1.54) is 0 Å². The minimum Gasteiger partial charge on any atom is -0.346 e. The van der Waals surface area contributed by atoms with Gasteiger partial charge in [-0.2, -0.15) is 18.3 Å². The lowest BCUT2D eigenvalue weighted by atomic mass is 10.5. The Kier molecular flexibility index (Phi) is 3.66. The molecule has 0 aromatic carbocycles. The van der Waals surface area contributed by atoms with Gasteiger partial charge in [0.05, 0.1) is 11.5 Å². The summed E-state index contributed by atoms with van der Waals surface area (Å²) in [6.07, 6.45) is -2.92. The Balaban J connectivity index is 2.41. The zero-order chi connectivity index (χ0) is 13.1. The fourth-order valence-electron chi connectivity index (χ4n) is 0.953. The maximum atomic E-state index is 11.8. The first-order valence-electron chi connectivity index (χ1n) is 4.32. The molecule has 1 heterocycles. The lowest BCUT2D eigenvalue weighted by molar-refractivity contribution is -0.385. The molecule has 94 valence electrons. The van der Waals surface area contributed by atoms with Crippen LogP contribution in [0.3, 0.4) is 0 Å². The van der Waals surface area contributed by atoms with E-state index in [1.807, 2.05) is 0 Å². The number of aromatic nitrogens is 2. The van der Waals surface area contributed by atoms with Gasteiger partial charge in [-0.1, -0.05) is 0 Å². The van der Waals surface area contributed by atoms with Crippen molar-refractivity contribution in [2.75, 3.05) is 6.54 Å². The molecule has 0 spiro atoms. The molecule has 0 aliphatic heterocycles. The third-order valence-electron chi connectivity index (χ3n) is 1.71. The molecule has 0 aliphatic rings. The Morgan fingerprint density at radius 2 is 2.24 bits per heavy atom. The SMILES string of the molecule is O=C(NCCn1cc([N+](=O)[O-])cn1)C(F)(F)F. The van der Waals surface area contributed by atoms with Crippen molar-refractivity contribution in [2.24, 2.45) is 0 Å². The van der Waals surface area contributed by atoms with Crippen molar-refractivity contribution in [3.05, 3.63) is 22.5 Å². The number of carbonyl (C=O) groups is 1. The number of nitrogens with zero attached hydrogens (tertiary/aromatic N) is 3. The smallest absolute Gasteiger partial charge is 0.346 e. The van der Waals surface area contributed by atoms with Crippen LogP contribution in [0.4, 0.5) is 18.9 Å². The third kappa shape index (κ3) is 3.74. The Morgan fingerprint density at radius 1 is 1.59 bits per heavy atom. The minimum atomic E-state index is -4.93. The van der Waals surface area contributed by atoms with Crippen LogP contribution in [0.5, 0.6) is 0 Å². The average Bonchev–Trinajstić information content (AvgIpc) is 2.64. The molecule has 1 N–H and O–H groups in total. The molecule has 17 heavy (non-hydrogen) atoms. The molecule has 1 amide bonds. The molecule has 0 fully saturated rings. The zero-order valence-electron chi connectivity index (χ0n) is 8.27. The normalized spacial score (nSPS) is 11.2. The number of hydrogen-bond acceptors (Lipinski definition) is 4. The highest BCUT2D eigenvalue weighted by Gasteiger charge is 2.38. The summed E-state index contributed by atoms with van der Waals surface area (Å²) >= 11 is 0. The fourth-order valence-corrected chi connectivity index (χ4v) is 0.953. The predicted molar refractivity (Wildman–Crippen MR) is 47.9 cm³/mol. The standard InChI is InChI=1S/C7H7F3N4O3/c8-7(9,10)6(15)11-1-2-13-4-5(3-12-13)14(16)17/h3-4H,1-2H2,(H,11,15). The van der Waals surface area contributed by atoms with Gasteiger partial charge in [0, 0.05) is 6.54 Å². The number of rotatable bonds is 4. The molecular formula is C7H7F3N4O3. The molecule has 1 aromatic heterocycles. The highest BCUT2D eigenvalue weighted by Crippen LogP contribution is 2.13. The molecule has 0 radical (unpaired) electrons. The van der Waals surface area contributed by atoms with E-state index in [1.54, 1.807) is 5.32 Å². The van der Waals surface area contributed by atoms with Crippen molar-refractivity contribution >= 4 is 11.6 Å². The van der Waals surface area contributed by atoms with Crippen molar-refractivity contribution in [1.29, 1.82) is 0 Å². The molecule has 1 rings (SSSR count). The summed E-state index contributed by atoms with van der Waals surface area (Å²) in [5.41, 5.74) is -0.271. The van der Waals surface area contributed by atoms with Crippen LogP contribution in [0.2, 0.25) is 0 Å². The van der Waals surface area contributed by atoms with Crippen LogP contribution in [0.25, 0.3) is 0 Å². The van der Waals surface area contributed by atoms with Crippen LogP contribution in [-0.2, 0) is 11.3 Å². The van der Waals surface area contributed by atoms with E-state index in [2.05, 4.69) is 5.10 Å². The van der Waals surface area contributed by atoms with Gasteiger partial charge in [-0.15, -0.1) is 0 Å². The largest absolute Gasteiger partial charge is 0.471 e. The van der Waals surface area contributed by atoms with Crippen molar-refractivity contribution in [3.8, 4) is 0 Å². The quantitative estimate of drug-likeness (QED) is 0.623. The van der Waals surface area contributed by atoms with Crippen molar-refractivity contribution in [1.82, 2.24) is 15.1 Å². The van der Waals surface area contributed by atoms with Gasteiger partial charge >= 0.3 is 17.8 Å². The van der Waals surface area contributed by atoms with Gasteiger partial charge in [0.15, 0.2) is 0 Å². The summed E-state index contributed by atoms with van der Waals surface area (Å²) in [6, 6.07) is 0. The summed E-state index contributed by atoms with van der Waals surface area (Å²) in [4.78, 5) is 20.0. The second kappa shape index (κ2) is 4.80. The first-order chi connectivity index (χ1) is 7.80. The lowest BCUT2D eigenvalue weighted by Gasteiger charge is -2.07. The molecule has 7 nitrogen and oxygen atoms in total. The van der Waals surface area contributed by atoms with Gasteiger partial charge in [-0.05, 0) is 0 Å².